The molecule has 1 fully saturated rings. The quantitative estimate of drug-likeness (QED) is 0.354. The number of hydrogen-bond acceptors (Lipinski definition) is 9. The van der Waals surface area contributed by atoms with Crippen molar-refractivity contribution >= 4 is 39.4 Å². The number of hydrogen-bond donors (Lipinski definition) is 3. The van der Waals surface area contributed by atoms with Gasteiger partial charge in [0, 0.05) is 17.8 Å². The molecule has 36 heavy (non-hydrogen) atoms. The van der Waals surface area contributed by atoms with E-state index in [1.165, 1.54) is 17.7 Å². The summed E-state index contributed by atoms with van der Waals surface area (Å²) in [6.07, 6.45) is 4.90. The van der Waals surface area contributed by atoms with E-state index >= 15 is 0 Å². The molecule has 0 saturated heterocycles. The van der Waals surface area contributed by atoms with Crippen LogP contribution >= 0.6 is 0 Å². The van der Waals surface area contributed by atoms with Gasteiger partial charge in [0.2, 0.25) is 0 Å². The lowest BCUT2D eigenvalue weighted by Crippen LogP contribution is -2.16. The van der Waals surface area contributed by atoms with E-state index in [0.717, 1.165) is 31.9 Å². The fourth-order valence-corrected chi connectivity index (χ4v) is 4.69. The Balaban J connectivity index is 1.29. The molecule has 11 nitrogen and oxygen atoms in total. The van der Waals surface area contributed by atoms with Gasteiger partial charge in [0.05, 0.1) is 6.26 Å². The molecule has 0 atom stereocenters. The number of aliphatic carboxylic acids is 1. The standard InChI is InChI=1S/C24H26N4O7S/c1-36(32,33)35-20-12-10-19(11-13-20)26-24-28-27-23(34-24)22(31)25-18-8-6-17(7-9-18)16-4-2-15(3-5-16)14-21(29)30/h6-13,15-16H,2-5,14H2,1H3,(H,25,31)(H,26,28)(H,29,30). The van der Waals surface area contributed by atoms with Crippen LogP contribution in [0.15, 0.2) is 52.9 Å². The molecular formula is C24H26N4O7S. The Labute approximate surface area is 208 Å². The largest absolute Gasteiger partial charge is 0.481 e. The van der Waals surface area contributed by atoms with Gasteiger partial charge in [-0.3, -0.25) is 9.59 Å². The maximum atomic E-state index is 12.5. The van der Waals surface area contributed by atoms with Crippen molar-refractivity contribution in [2.75, 3.05) is 16.9 Å². The number of carbonyl (C=O) groups excluding carboxylic acids is 1. The van der Waals surface area contributed by atoms with Crippen LogP contribution in [0.1, 0.15) is 54.3 Å². The van der Waals surface area contributed by atoms with Gasteiger partial charge in [0.15, 0.2) is 0 Å². The van der Waals surface area contributed by atoms with Crippen LogP contribution in [0, 0.1) is 5.92 Å². The molecule has 0 radical (unpaired) electrons. The Morgan fingerprint density at radius 2 is 1.64 bits per heavy atom. The number of nitrogens with zero attached hydrogens (tertiary/aromatic N) is 2. The second kappa shape index (κ2) is 10.8. The minimum Gasteiger partial charge on any atom is -0.481 e. The van der Waals surface area contributed by atoms with E-state index in [1.54, 1.807) is 12.1 Å². The Kier molecular flexibility index (Phi) is 7.53. The monoisotopic (exact) mass is 514 g/mol. The third-order valence-electron chi connectivity index (χ3n) is 5.92. The van der Waals surface area contributed by atoms with Gasteiger partial charge >= 0.3 is 33.9 Å². The number of carboxylic acids is 1. The number of rotatable bonds is 9. The second-order valence-electron chi connectivity index (χ2n) is 8.74. The van der Waals surface area contributed by atoms with E-state index in [-0.39, 0.29) is 30.0 Å². The van der Waals surface area contributed by atoms with Crippen molar-refractivity contribution in [3.8, 4) is 5.75 Å². The van der Waals surface area contributed by atoms with Crippen LogP contribution in [0.2, 0.25) is 0 Å². The average Bonchev–Trinajstić information content (AvgIpc) is 3.29. The van der Waals surface area contributed by atoms with Crippen LogP contribution in [0.5, 0.6) is 5.75 Å². The maximum absolute atomic E-state index is 12.5. The van der Waals surface area contributed by atoms with Gasteiger partial charge in [-0.2, -0.15) is 8.42 Å². The smallest absolute Gasteiger partial charge is 0.320 e. The summed E-state index contributed by atoms with van der Waals surface area (Å²) in [6, 6.07) is 13.6. The van der Waals surface area contributed by atoms with Crippen molar-refractivity contribution in [3.63, 3.8) is 0 Å². The number of carboxylic acid groups (broad SMARTS) is 1. The van der Waals surface area contributed by atoms with E-state index in [0.29, 0.717) is 17.3 Å². The van der Waals surface area contributed by atoms with Crippen LogP contribution in [-0.4, -0.2) is 41.9 Å². The number of nitrogens with one attached hydrogen (secondary N) is 2. The lowest BCUT2D eigenvalue weighted by molar-refractivity contribution is -0.138. The first kappa shape index (κ1) is 25.2. The van der Waals surface area contributed by atoms with Crippen molar-refractivity contribution in [3.05, 3.63) is 60.0 Å². The molecule has 12 heteroatoms. The molecule has 1 aromatic heterocycles. The highest BCUT2D eigenvalue weighted by Crippen LogP contribution is 2.37. The molecule has 3 aromatic rings. The zero-order valence-corrected chi connectivity index (χ0v) is 20.3. The Hall–Kier alpha value is -3.93. The van der Waals surface area contributed by atoms with Crippen LogP contribution in [0.4, 0.5) is 17.4 Å². The van der Waals surface area contributed by atoms with E-state index in [4.69, 9.17) is 13.7 Å². The molecule has 190 valence electrons. The van der Waals surface area contributed by atoms with Crippen LogP contribution in [0.3, 0.4) is 0 Å². The molecule has 1 aliphatic rings. The highest BCUT2D eigenvalue weighted by molar-refractivity contribution is 7.86. The van der Waals surface area contributed by atoms with Gasteiger partial charge in [0.1, 0.15) is 5.75 Å². The number of amides is 1. The van der Waals surface area contributed by atoms with Crippen molar-refractivity contribution in [2.24, 2.45) is 5.92 Å². The minimum absolute atomic E-state index is 0.00854. The lowest BCUT2D eigenvalue weighted by Gasteiger charge is -2.28. The lowest BCUT2D eigenvalue weighted by atomic mass is 9.77. The molecule has 1 amide bonds. The van der Waals surface area contributed by atoms with Gasteiger partial charge < -0.3 is 24.3 Å². The molecule has 1 aliphatic carbocycles. The number of anilines is 3. The normalized spacial score (nSPS) is 17.8. The summed E-state index contributed by atoms with van der Waals surface area (Å²) in [5.74, 6) is -0.732. The first-order valence-electron chi connectivity index (χ1n) is 11.4. The van der Waals surface area contributed by atoms with Crippen LogP contribution < -0.4 is 14.8 Å². The summed E-state index contributed by atoms with van der Waals surface area (Å²) in [5.41, 5.74) is 2.27. The molecule has 1 heterocycles. The predicted octanol–water partition coefficient (Wildman–Crippen LogP) is 4.15. The SMILES string of the molecule is CS(=O)(=O)Oc1ccc(Nc2nnc(C(=O)Nc3ccc(C4CCC(CC(=O)O)CC4)cc3)o2)cc1. The van der Waals surface area contributed by atoms with Gasteiger partial charge in [0.25, 0.3) is 0 Å². The molecule has 2 aromatic carbocycles. The number of carbonyl (C=O) groups is 2. The highest BCUT2D eigenvalue weighted by Gasteiger charge is 2.24. The number of benzene rings is 2. The van der Waals surface area contributed by atoms with Gasteiger partial charge in [-0.05, 0) is 79.5 Å². The predicted molar refractivity (Wildman–Crippen MR) is 131 cm³/mol. The van der Waals surface area contributed by atoms with Crippen LogP contribution in [-0.2, 0) is 14.9 Å². The molecule has 3 N–H and O–H groups in total. The molecule has 0 spiro atoms. The summed E-state index contributed by atoms with van der Waals surface area (Å²) >= 11 is 0. The summed E-state index contributed by atoms with van der Waals surface area (Å²) in [6.45, 7) is 0. The second-order valence-corrected chi connectivity index (χ2v) is 10.3. The van der Waals surface area contributed by atoms with Gasteiger partial charge in [-0.15, -0.1) is 5.10 Å². The third kappa shape index (κ3) is 7.04. The molecule has 0 aliphatic heterocycles. The maximum Gasteiger partial charge on any atom is 0.320 e. The van der Waals surface area contributed by atoms with Gasteiger partial charge in [-0.25, -0.2) is 0 Å². The molecule has 0 unspecified atom stereocenters. The molecule has 1 saturated carbocycles. The minimum atomic E-state index is -3.62. The number of aromatic nitrogens is 2. The topological polar surface area (TPSA) is 161 Å². The van der Waals surface area contributed by atoms with Crippen molar-refractivity contribution in [1.29, 1.82) is 0 Å². The first-order valence-corrected chi connectivity index (χ1v) is 13.2. The summed E-state index contributed by atoms with van der Waals surface area (Å²) in [5, 5.41) is 22.1. The Morgan fingerprint density at radius 3 is 2.25 bits per heavy atom. The Bertz CT molecular complexity index is 1310. The van der Waals surface area contributed by atoms with Crippen molar-refractivity contribution < 1.29 is 31.7 Å². The highest BCUT2D eigenvalue weighted by atomic mass is 32.2. The Morgan fingerprint density at radius 1 is 1.00 bits per heavy atom. The van der Waals surface area contributed by atoms with E-state index in [1.807, 2.05) is 24.3 Å². The summed E-state index contributed by atoms with van der Waals surface area (Å²) in [4.78, 5) is 23.4. The molecule has 4 rings (SSSR count). The summed E-state index contributed by atoms with van der Waals surface area (Å²) < 4.78 is 32.5. The summed E-state index contributed by atoms with van der Waals surface area (Å²) in [7, 11) is -3.62. The van der Waals surface area contributed by atoms with Crippen molar-refractivity contribution in [2.45, 2.75) is 38.0 Å². The molecule has 0 bridgehead atoms. The van der Waals surface area contributed by atoms with Crippen LogP contribution in [0.25, 0.3) is 0 Å². The third-order valence-corrected chi connectivity index (χ3v) is 6.42. The van der Waals surface area contributed by atoms with Crippen molar-refractivity contribution in [1.82, 2.24) is 10.2 Å². The zero-order valence-electron chi connectivity index (χ0n) is 19.5. The van der Waals surface area contributed by atoms with Gasteiger partial charge in [-0.1, -0.05) is 17.2 Å². The van der Waals surface area contributed by atoms with E-state index in [9.17, 15) is 18.0 Å². The zero-order chi connectivity index (χ0) is 25.7. The van der Waals surface area contributed by atoms with E-state index < -0.39 is 22.0 Å². The average molecular weight is 515 g/mol. The first-order chi connectivity index (χ1) is 17.1. The molecular weight excluding hydrogens is 488 g/mol. The fourth-order valence-electron chi connectivity index (χ4n) is 4.23. The fraction of sp³-hybridized carbons (Fsp3) is 0.333. The van der Waals surface area contributed by atoms with E-state index in [2.05, 4.69) is 20.8 Å².